The van der Waals surface area contributed by atoms with E-state index >= 15 is 0 Å². The maximum absolute atomic E-state index is 12.0. The van der Waals surface area contributed by atoms with Gasteiger partial charge < -0.3 is 20.4 Å². The maximum atomic E-state index is 12.0. The number of carbonyl (C=O) groups excluding carboxylic acids is 1. The van der Waals surface area contributed by atoms with Gasteiger partial charge in [-0.2, -0.15) is 0 Å². The number of hydrogen-bond acceptors (Lipinski definition) is 5. The largest absolute Gasteiger partial charge is 0.370 e. The summed E-state index contributed by atoms with van der Waals surface area (Å²) in [6.07, 6.45) is 4.57. The average molecular weight is 526 g/mol. The number of nitrogens with two attached hydrogens (primary N) is 1. The second-order valence-electron chi connectivity index (χ2n) is 7.13. The number of carbonyl (C=O) groups is 1. The molecule has 29 heavy (non-hydrogen) atoms. The van der Waals surface area contributed by atoms with E-state index in [0.717, 1.165) is 61.9 Å². The minimum Gasteiger partial charge on any atom is -0.370 e. The summed E-state index contributed by atoms with van der Waals surface area (Å²) in [7, 11) is 0. The number of anilines is 2. The Bertz CT molecular complexity index is 818. The van der Waals surface area contributed by atoms with Crippen LogP contribution in [0.2, 0.25) is 0 Å². The van der Waals surface area contributed by atoms with Crippen molar-refractivity contribution >= 4 is 58.0 Å². The van der Waals surface area contributed by atoms with Gasteiger partial charge in [0, 0.05) is 56.4 Å². The Kier molecular flexibility index (Phi) is 7.70. The summed E-state index contributed by atoms with van der Waals surface area (Å²) in [5, 5.41) is 3.08. The van der Waals surface area contributed by atoms with Gasteiger partial charge in [-0.1, -0.05) is 12.1 Å². The molecule has 2 N–H and O–H groups in total. The van der Waals surface area contributed by atoms with E-state index in [4.69, 9.17) is 5.73 Å². The number of guanidine groups is 1. The van der Waals surface area contributed by atoms with Crippen molar-refractivity contribution in [2.24, 2.45) is 10.7 Å². The van der Waals surface area contributed by atoms with E-state index in [2.05, 4.69) is 19.8 Å². The summed E-state index contributed by atoms with van der Waals surface area (Å²) in [5.74, 6) is 0.812. The van der Waals surface area contributed by atoms with Gasteiger partial charge in [-0.3, -0.25) is 4.79 Å². The van der Waals surface area contributed by atoms with Crippen LogP contribution < -0.4 is 15.5 Å². The number of benzene rings is 1. The van der Waals surface area contributed by atoms with Gasteiger partial charge >= 0.3 is 0 Å². The van der Waals surface area contributed by atoms with Crippen molar-refractivity contribution in [3.05, 3.63) is 41.4 Å². The molecule has 3 heterocycles. The van der Waals surface area contributed by atoms with E-state index in [-0.39, 0.29) is 29.9 Å². The van der Waals surface area contributed by atoms with Gasteiger partial charge in [0.05, 0.1) is 6.54 Å². The lowest BCUT2D eigenvalue weighted by Crippen LogP contribution is -2.51. The number of hydrogen-bond donors (Lipinski definition) is 1. The zero-order chi connectivity index (χ0) is 19.3. The lowest BCUT2D eigenvalue weighted by atomic mass is 10.1. The number of aromatic nitrogens is 1. The molecule has 156 valence electrons. The van der Waals surface area contributed by atoms with Crippen molar-refractivity contribution in [2.45, 2.75) is 25.8 Å². The molecule has 2 aliphatic rings. The Hall–Kier alpha value is -1.88. The SMILES string of the molecule is I.NC(=NCc1ccc(N2CCCCC2=O)cc1)N1CCN(c2nccs2)CC1. The zero-order valence-corrected chi connectivity index (χ0v) is 19.5. The van der Waals surface area contributed by atoms with E-state index in [1.807, 2.05) is 40.7 Å². The second-order valence-corrected chi connectivity index (χ2v) is 8.01. The number of nitrogens with zero attached hydrogens (tertiary/aromatic N) is 5. The third-order valence-corrected chi connectivity index (χ3v) is 6.12. The van der Waals surface area contributed by atoms with Crippen LogP contribution in [0.4, 0.5) is 10.8 Å². The number of piperazine rings is 1. The summed E-state index contributed by atoms with van der Waals surface area (Å²) < 4.78 is 0. The summed E-state index contributed by atoms with van der Waals surface area (Å²) in [5.41, 5.74) is 8.29. The number of rotatable bonds is 4. The second kappa shape index (κ2) is 10.2. The molecular weight excluding hydrogens is 499 g/mol. The van der Waals surface area contributed by atoms with Gasteiger partial charge in [0.2, 0.25) is 5.91 Å². The Morgan fingerprint density at radius 1 is 1.10 bits per heavy atom. The fourth-order valence-corrected chi connectivity index (χ4v) is 4.33. The topological polar surface area (TPSA) is 78.1 Å². The summed E-state index contributed by atoms with van der Waals surface area (Å²) in [6, 6.07) is 8.09. The highest BCUT2D eigenvalue weighted by molar-refractivity contribution is 14.0. The molecule has 7 nitrogen and oxygen atoms in total. The average Bonchev–Trinajstić information content (AvgIpc) is 3.28. The van der Waals surface area contributed by atoms with Crippen LogP contribution in [-0.2, 0) is 11.3 Å². The number of aliphatic imine (C=N–C) groups is 1. The van der Waals surface area contributed by atoms with E-state index in [1.54, 1.807) is 11.3 Å². The van der Waals surface area contributed by atoms with Crippen LogP contribution in [0.15, 0.2) is 40.8 Å². The molecule has 1 aromatic carbocycles. The van der Waals surface area contributed by atoms with Crippen molar-refractivity contribution in [1.29, 1.82) is 0 Å². The molecule has 0 radical (unpaired) electrons. The van der Waals surface area contributed by atoms with Crippen LogP contribution in [0, 0.1) is 0 Å². The molecule has 2 aliphatic heterocycles. The minimum atomic E-state index is 0. The van der Waals surface area contributed by atoms with Gasteiger partial charge in [0.15, 0.2) is 11.1 Å². The van der Waals surface area contributed by atoms with Crippen molar-refractivity contribution in [3.63, 3.8) is 0 Å². The third kappa shape index (κ3) is 5.39. The first-order valence-corrected chi connectivity index (χ1v) is 10.7. The van der Waals surface area contributed by atoms with Crippen molar-refractivity contribution < 1.29 is 4.79 Å². The molecule has 2 aromatic rings. The van der Waals surface area contributed by atoms with Crippen LogP contribution in [0.1, 0.15) is 24.8 Å². The van der Waals surface area contributed by atoms with Gasteiger partial charge in [0.1, 0.15) is 0 Å². The van der Waals surface area contributed by atoms with E-state index in [9.17, 15) is 4.79 Å². The lowest BCUT2D eigenvalue weighted by molar-refractivity contribution is -0.119. The van der Waals surface area contributed by atoms with Gasteiger partial charge in [-0.25, -0.2) is 9.98 Å². The van der Waals surface area contributed by atoms with Crippen LogP contribution in [0.25, 0.3) is 0 Å². The van der Waals surface area contributed by atoms with E-state index < -0.39 is 0 Å². The standard InChI is InChI=1S/C20H26N6OS.HI/c21-19(24-10-12-25(13-11-24)20-22-8-14-28-20)23-15-16-4-6-17(7-5-16)26-9-2-1-3-18(26)27;/h4-8,14H,1-3,9-13,15H2,(H2,21,23);1H. The quantitative estimate of drug-likeness (QED) is 0.377. The number of halogens is 1. The van der Waals surface area contributed by atoms with Crippen molar-refractivity contribution in [1.82, 2.24) is 9.88 Å². The fourth-order valence-electron chi connectivity index (χ4n) is 3.63. The Morgan fingerprint density at radius 3 is 2.52 bits per heavy atom. The number of amides is 1. The van der Waals surface area contributed by atoms with Crippen LogP contribution >= 0.6 is 35.3 Å². The molecule has 0 unspecified atom stereocenters. The summed E-state index contributed by atoms with van der Waals surface area (Å²) >= 11 is 1.67. The van der Waals surface area contributed by atoms with Crippen molar-refractivity contribution in [3.8, 4) is 0 Å². The van der Waals surface area contributed by atoms with E-state index in [0.29, 0.717) is 18.9 Å². The summed E-state index contributed by atoms with van der Waals surface area (Å²) in [6.45, 7) is 4.88. The monoisotopic (exact) mass is 526 g/mol. The molecule has 2 saturated heterocycles. The highest BCUT2D eigenvalue weighted by Crippen LogP contribution is 2.22. The normalized spacial score (nSPS) is 18.0. The fraction of sp³-hybridized carbons (Fsp3) is 0.450. The molecule has 1 aromatic heterocycles. The third-order valence-electron chi connectivity index (χ3n) is 5.29. The first kappa shape index (κ1) is 21.8. The van der Waals surface area contributed by atoms with Gasteiger partial charge in [-0.15, -0.1) is 35.3 Å². The number of thiazole rings is 1. The molecule has 0 aliphatic carbocycles. The van der Waals surface area contributed by atoms with Crippen LogP contribution in [0.5, 0.6) is 0 Å². The molecule has 0 saturated carbocycles. The van der Waals surface area contributed by atoms with Crippen molar-refractivity contribution in [2.75, 3.05) is 42.5 Å². The highest BCUT2D eigenvalue weighted by Gasteiger charge is 2.20. The summed E-state index contributed by atoms with van der Waals surface area (Å²) in [4.78, 5) is 27.3. The lowest BCUT2D eigenvalue weighted by Gasteiger charge is -2.35. The molecule has 2 fully saturated rings. The molecule has 0 bridgehead atoms. The molecule has 9 heteroatoms. The van der Waals surface area contributed by atoms with Crippen LogP contribution in [-0.4, -0.2) is 54.5 Å². The first-order chi connectivity index (χ1) is 13.7. The molecule has 4 rings (SSSR count). The predicted molar refractivity (Wildman–Crippen MR) is 129 cm³/mol. The smallest absolute Gasteiger partial charge is 0.226 e. The maximum Gasteiger partial charge on any atom is 0.226 e. The predicted octanol–water partition coefficient (Wildman–Crippen LogP) is 2.91. The Labute approximate surface area is 192 Å². The first-order valence-electron chi connectivity index (χ1n) is 9.79. The van der Waals surface area contributed by atoms with E-state index in [1.165, 1.54) is 0 Å². The van der Waals surface area contributed by atoms with Crippen LogP contribution in [0.3, 0.4) is 0 Å². The minimum absolute atomic E-state index is 0. The molecule has 0 atom stereocenters. The molecule has 1 amide bonds. The highest BCUT2D eigenvalue weighted by atomic mass is 127. The zero-order valence-electron chi connectivity index (χ0n) is 16.4. The Balaban J connectivity index is 0.00000240. The molecule has 0 spiro atoms. The Morgan fingerprint density at radius 2 is 1.86 bits per heavy atom. The van der Waals surface area contributed by atoms with Gasteiger partial charge in [-0.05, 0) is 30.5 Å². The number of piperidine rings is 1. The molecular formula is C20H27IN6OS. The van der Waals surface area contributed by atoms with Gasteiger partial charge in [0.25, 0.3) is 0 Å².